The molecule has 2 aliphatic rings. The number of hydrogen-bond acceptors (Lipinski definition) is 13. The number of nitrogen functional groups attached to an aromatic ring is 1. The van der Waals surface area contributed by atoms with Gasteiger partial charge in [0, 0.05) is 75.6 Å². The Morgan fingerprint density at radius 3 is 2.30 bits per heavy atom. The van der Waals surface area contributed by atoms with E-state index in [2.05, 4.69) is 47.3 Å². The molecule has 4 amide bonds. The molecule has 2 aromatic carbocycles. The van der Waals surface area contributed by atoms with Crippen molar-refractivity contribution in [3.63, 3.8) is 0 Å². The number of aromatic nitrogens is 4. The second kappa shape index (κ2) is 20.5. The largest absolute Gasteiger partial charge is 0.369 e. The van der Waals surface area contributed by atoms with E-state index in [1.807, 2.05) is 28.9 Å². The van der Waals surface area contributed by atoms with Crippen LogP contribution in [0.25, 0.3) is 11.9 Å². The standard InChI is InChI=1S/C40H49F2N13O5/c1-26-28(8-5-9-52-10-12-53(13-11-52)31-16-29(41)15-30(42)17-31)20-48-55(26)35-18-34(50-40(44)51-35)54-23-32(24-54)60-25-47-37(57)21-46-39(59)33(14-27-6-3-2-4-7-27)49-38(58)22-45-36(56)19-43/h2-8,15-18,20,32-33H,9-14,19,21-25,43H2,1H3,(H,45,56)(H,46,59)(H,47,57)(H,49,58)(H2,44,50,51)/b8-5+. The van der Waals surface area contributed by atoms with Crippen LogP contribution < -0.4 is 42.5 Å². The molecule has 0 spiro atoms. The van der Waals surface area contributed by atoms with E-state index < -0.39 is 41.3 Å². The van der Waals surface area contributed by atoms with E-state index in [4.69, 9.17) is 16.2 Å². The Balaban J connectivity index is 0.922. The number of anilines is 3. The fraction of sp³-hybridized carbons (Fsp3) is 0.375. The van der Waals surface area contributed by atoms with Crippen molar-refractivity contribution in [2.45, 2.75) is 25.5 Å². The second-order valence-corrected chi connectivity index (χ2v) is 14.3. The van der Waals surface area contributed by atoms with E-state index in [1.165, 1.54) is 12.1 Å². The minimum Gasteiger partial charge on any atom is -0.369 e. The monoisotopic (exact) mass is 829 g/mol. The molecule has 0 bridgehead atoms. The number of ether oxygens (including phenoxy) is 1. The molecule has 0 saturated carbocycles. The Labute approximate surface area is 345 Å². The predicted molar refractivity (Wildman–Crippen MR) is 220 cm³/mol. The molecule has 0 aliphatic carbocycles. The highest BCUT2D eigenvalue weighted by Gasteiger charge is 2.30. The maximum absolute atomic E-state index is 13.7. The number of piperazine rings is 1. The summed E-state index contributed by atoms with van der Waals surface area (Å²) in [4.78, 5) is 64.4. The Hall–Kier alpha value is -6.51. The van der Waals surface area contributed by atoms with Gasteiger partial charge in [0.2, 0.25) is 29.6 Å². The molecule has 60 heavy (non-hydrogen) atoms. The summed E-state index contributed by atoms with van der Waals surface area (Å²) in [5.74, 6) is -2.15. The SMILES string of the molecule is Cc1c(/C=C/CN2CCN(c3cc(F)cc(F)c3)CC2)cnn1-c1cc(N2CC(OCNC(=O)CNC(=O)C(Cc3ccccc3)NC(=O)CNC(=O)CN)C2)nc(N)n1. The Morgan fingerprint density at radius 1 is 0.883 bits per heavy atom. The van der Waals surface area contributed by atoms with Crippen molar-refractivity contribution >= 4 is 47.2 Å². The van der Waals surface area contributed by atoms with Crippen LogP contribution in [-0.2, 0) is 30.3 Å². The van der Waals surface area contributed by atoms with Crippen LogP contribution in [-0.4, -0.2) is 133 Å². The van der Waals surface area contributed by atoms with Gasteiger partial charge in [-0.05, 0) is 24.6 Å². The summed E-state index contributed by atoms with van der Waals surface area (Å²) in [7, 11) is 0. The first-order valence-electron chi connectivity index (χ1n) is 19.4. The van der Waals surface area contributed by atoms with Gasteiger partial charge in [0.1, 0.15) is 30.2 Å². The summed E-state index contributed by atoms with van der Waals surface area (Å²) < 4.78 is 34.9. The van der Waals surface area contributed by atoms with Crippen molar-refractivity contribution < 1.29 is 32.7 Å². The van der Waals surface area contributed by atoms with E-state index in [0.29, 0.717) is 50.0 Å². The number of nitrogens with zero attached hydrogens (tertiary/aromatic N) is 7. The van der Waals surface area contributed by atoms with Gasteiger partial charge in [0.05, 0.1) is 37.6 Å². The summed E-state index contributed by atoms with van der Waals surface area (Å²) in [6.45, 7) is 5.36. The summed E-state index contributed by atoms with van der Waals surface area (Å²) in [5, 5.41) is 14.7. The number of carbonyl (C=O) groups is 4. The first-order chi connectivity index (χ1) is 28.9. The fourth-order valence-electron chi connectivity index (χ4n) is 6.65. The van der Waals surface area contributed by atoms with Crippen LogP contribution in [0.3, 0.4) is 0 Å². The van der Waals surface area contributed by atoms with Crippen molar-refractivity contribution in [2.24, 2.45) is 5.73 Å². The highest BCUT2D eigenvalue weighted by molar-refractivity contribution is 5.92. The molecule has 318 valence electrons. The van der Waals surface area contributed by atoms with Crippen LogP contribution in [0.5, 0.6) is 0 Å². The number of nitrogens with two attached hydrogens (primary N) is 2. The number of nitrogens with one attached hydrogen (secondary N) is 4. The third kappa shape index (κ3) is 12.0. The number of benzene rings is 2. The Kier molecular flexibility index (Phi) is 14.7. The highest BCUT2D eigenvalue weighted by atomic mass is 19.1. The van der Waals surface area contributed by atoms with Crippen LogP contribution in [0.4, 0.5) is 26.2 Å². The van der Waals surface area contributed by atoms with Crippen LogP contribution in [0.15, 0.2) is 66.9 Å². The van der Waals surface area contributed by atoms with Crippen molar-refractivity contribution in [1.82, 2.24) is 45.9 Å². The van der Waals surface area contributed by atoms with Gasteiger partial charge in [-0.1, -0.05) is 42.5 Å². The van der Waals surface area contributed by atoms with Gasteiger partial charge in [0.25, 0.3) is 0 Å². The van der Waals surface area contributed by atoms with Crippen molar-refractivity contribution in [1.29, 1.82) is 0 Å². The molecule has 0 radical (unpaired) electrons. The molecule has 4 heterocycles. The first kappa shape index (κ1) is 43.1. The molecule has 2 aliphatic heterocycles. The van der Waals surface area contributed by atoms with Gasteiger partial charge >= 0.3 is 0 Å². The van der Waals surface area contributed by atoms with Gasteiger partial charge in [-0.2, -0.15) is 15.1 Å². The predicted octanol–water partition coefficient (Wildman–Crippen LogP) is -0.136. The van der Waals surface area contributed by atoms with E-state index >= 15 is 0 Å². The zero-order valence-electron chi connectivity index (χ0n) is 33.2. The molecule has 20 heteroatoms. The second-order valence-electron chi connectivity index (χ2n) is 14.3. The van der Waals surface area contributed by atoms with Gasteiger partial charge in [-0.3, -0.25) is 24.1 Å². The lowest BCUT2D eigenvalue weighted by Crippen LogP contribution is -2.54. The summed E-state index contributed by atoms with van der Waals surface area (Å²) in [5.41, 5.74) is 14.5. The van der Waals surface area contributed by atoms with Crippen LogP contribution in [0, 0.1) is 18.6 Å². The van der Waals surface area contributed by atoms with Crippen molar-refractivity contribution in [3.8, 4) is 5.82 Å². The minimum absolute atomic E-state index is 0.0808. The van der Waals surface area contributed by atoms with Crippen LogP contribution >= 0.6 is 0 Å². The maximum atomic E-state index is 13.7. The number of amides is 4. The molecule has 2 saturated heterocycles. The van der Waals surface area contributed by atoms with Crippen molar-refractivity contribution in [3.05, 3.63) is 95.3 Å². The maximum Gasteiger partial charge on any atom is 0.243 e. The molecule has 4 aromatic rings. The first-order valence-corrected chi connectivity index (χ1v) is 19.4. The molecule has 2 fully saturated rings. The average Bonchev–Trinajstić information content (AvgIpc) is 3.58. The fourth-order valence-corrected chi connectivity index (χ4v) is 6.65. The van der Waals surface area contributed by atoms with Gasteiger partial charge in [-0.15, -0.1) is 0 Å². The lowest BCUT2D eigenvalue weighted by molar-refractivity contribution is -0.131. The van der Waals surface area contributed by atoms with E-state index in [0.717, 1.165) is 36.0 Å². The summed E-state index contributed by atoms with van der Waals surface area (Å²) >= 11 is 0. The highest BCUT2D eigenvalue weighted by Crippen LogP contribution is 2.25. The van der Waals surface area contributed by atoms with Crippen LogP contribution in [0.1, 0.15) is 16.8 Å². The van der Waals surface area contributed by atoms with Gasteiger partial charge in [-0.25, -0.2) is 13.5 Å². The molecule has 1 atom stereocenters. The van der Waals surface area contributed by atoms with Crippen LogP contribution in [0.2, 0.25) is 0 Å². The Bertz CT molecular complexity index is 2140. The molecule has 1 unspecified atom stereocenters. The summed E-state index contributed by atoms with van der Waals surface area (Å²) in [6, 6.07) is 13.4. The Morgan fingerprint density at radius 2 is 1.58 bits per heavy atom. The number of carbonyl (C=O) groups excluding carboxylic acids is 4. The smallest absolute Gasteiger partial charge is 0.243 e. The summed E-state index contributed by atoms with van der Waals surface area (Å²) in [6.07, 6.45) is 5.77. The molecule has 6 rings (SSSR count). The molecule has 18 nitrogen and oxygen atoms in total. The lowest BCUT2D eigenvalue weighted by Gasteiger charge is -2.39. The molecular formula is C40H49F2N13O5. The molecular weight excluding hydrogens is 781 g/mol. The van der Waals surface area contributed by atoms with E-state index in [9.17, 15) is 28.0 Å². The van der Waals surface area contributed by atoms with E-state index in [1.54, 1.807) is 41.2 Å². The average molecular weight is 830 g/mol. The zero-order chi connectivity index (χ0) is 42.6. The van der Waals surface area contributed by atoms with Gasteiger partial charge in [0.15, 0.2) is 5.82 Å². The zero-order valence-corrected chi connectivity index (χ0v) is 33.2. The van der Waals surface area contributed by atoms with Gasteiger partial charge < -0.3 is 47.3 Å². The molecule has 8 N–H and O–H groups in total. The number of rotatable bonds is 18. The lowest BCUT2D eigenvalue weighted by atomic mass is 10.1. The van der Waals surface area contributed by atoms with Crippen molar-refractivity contribution in [2.75, 3.05) is 87.7 Å². The molecule has 2 aromatic heterocycles. The number of hydrogen-bond donors (Lipinski definition) is 6. The normalized spacial score (nSPS) is 15.1. The number of halogens is 2. The third-order valence-electron chi connectivity index (χ3n) is 9.98. The quantitative estimate of drug-likeness (QED) is 0.0719. The third-order valence-corrected chi connectivity index (χ3v) is 9.98. The minimum atomic E-state index is -0.998. The topological polar surface area (TPSA) is 231 Å². The van der Waals surface area contributed by atoms with E-state index in [-0.39, 0.29) is 44.8 Å².